The van der Waals surface area contributed by atoms with E-state index in [0.29, 0.717) is 17.6 Å². The first-order valence-corrected chi connectivity index (χ1v) is 9.33. The zero-order chi connectivity index (χ0) is 18.8. The van der Waals surface area contributed by atoms with Crippen LogP contribution in [-0.4, -0.2) is 33.9 Å². The van der Waals surface area contributed by atoms with Gasteiger partial charge in [-0.05, 0) is 63.6 Å². The third-order valence-corrected chi connectivity index (χ3v) is 4.93. The summed E-state index contributed by atoms with van der Waals surface area (Å²) in [5, 5.41) is 3.32. The first-order valence-electron chi connectivity index (χ1n) is 9.33. The number of benzene rings is 1. The smallest absolute Gasteiger partial charge is 0.272 e. The number of anilines is 2. The Morgan fingerprint density at radius 3 is 2.46 bits per heavy atom. The molecule has 1 amide bonds. The van der Waals surface area contributed by atoms with E-state index in [-0.39, 0.29) is 5.91 Å². The van der Waals surface area contributed by atoms with Crippen molar-refractivity contribution in [2.45, 2.75) is 47.5 Å². The van der Waals surface area contributed by atoms with E-state index in [2.05, 4.69) is 55.1 Å². The maximum Gasteiger partial charge on any atom is 0.272 e. The number of carbonyl (C=O) groups is 1. The average molecular weight is 352 g/mol. The van der Waals surface area contributed by atoms with Gasteiger partial charge in [0.05, 0.1) is 0 Å². The number of nitrogens with zero attached hydrogens (tertiary/aromatic N) is 3. The monoisotopic (exact) mass is 352 g/mol. The number of hydrogen-bond donors (Lipinski definition) is 1. The number of aromatic nitrogens is 2. The molecule has 1 aromatic carbocycles. The molecule has 1 N–H and O–H groups in total. The molecule has 0 aliphatic carbocycles. The first kappa shape index (κ1) is 18.4. The number of aryl methyl sites for hydroxylation is 4. The molecule has 1 aromatic heterocycles. The molecule has 0 saturated carbocycles. The van der Waals surface area contributed by atoms with E-state index in [4.69, 9.17) is 0 Å². The molecular formula is C21H28N4O. The molecular weight excluding hydrogens is 324 g/mol. The molecule has 0 spiro atoms. The highest BCUT2D eigenvalue weighted by atomic mass is 16.2. The van der Waals surface area contributed by atoms with Gasteiger partial charge in [0.2, 0.25) is 5.95 Å². The summed E-state index contributed by atoms with van der Waals surface area (Å²) >= 11 is 0. The Balaban J connectivity index is 1.87. The lowest BCUT2D eigenvalue weighted by atomic mass is 10.00. The lowest BCUT2D eigenvalue weighted by molar-refractivity contribution is 0.0677. The normalized spacial score (nSPS) is 17.3. The molecule has 1 saturated heterocycles. The Bertz CT molecular complexity index is 808. The average Bonchev–Trinajstić information content (AvgIpc) is 2.57. The Hall–Kier alpha value is -2.43. The van der Waals surface area contributed by atoms with Crippen molar-refractivity contribution in [3.05, 3.63) is 46.3 Å². The van der Waals surface area contributed by atoms with Gasteiger partial charge in [0.25, 0.3) is 5.91 Å². The van der Waals surface area contributed by atoms with Crippen molar-refractivity contribution in [3.8, 4) is 0 Å². The van der Waals surface area contributed by atoms with Gasteiger partial charge in [-0.1, -0.05) is 24.6 Å². The molecule has 1 atom stereocenters. The Morgan fingerprint density at radius 1 is 1.12 bits per heavy atom. The predicted octanol–water partition coefficient (Wildman–Crippen LogP) is 4.33. The van der Waals surface area contributed by atoms with Crippen LogP contribution in [-0.2, 0) is 0 Å². The largest absolute Gasteiger partial charge is 0.337 e. The fourth-order valence-electron chi connectivity index (χ4n) is 3.76. The van der Waals surface area contributed by atoms with Crippen LogP contribution in [0.4, 0.5) is 11.6 Å². The summed E-state index contributed by atoms with van der Waals surface area (Å²) in [6.45, 7) is 11.9. The number of rotatable bonds is 3. The summed E-state index contributed by atoms with van der Waals surface area (Å²) in [6.07, 6.45) is 2.25. The van der Waals surface area contributed by atoms with Crippen LogP contribution in [0, 0.1) is 33.6 Å². The number of nitrogens with one attached hydrogen (secondary N) is 1. The van der Waals surface area contributed by atoms with Crippen LogP contribution in [0.25, 0.3) is 0 Å². The predicted molar refractivity (Wildman–Crippen MR) is 105 cm³/mol. The molecule has 26 heavy (non-hydrogen) atoms. The molecule has 2 heterocycles. The van der Waals surface area contributed by atoms with Gasteiger partial charge >= 0.3 is 0 Å². The summed E-state index contributed by atoms with van der Waals surface area (Å²) in [7, 11) is 0. The van der Waals surface area contributed by atoms with Crippen molar-refractivity contribution in [3.63, 3.8) is 0 Å². The van der Waals surface area contributed by atoms with Crippen molar-refractivity contribution >= 4 is 17.5 Å². The highest BCUT2D eigenvalue weighted by Crippen LogP contribution is 2.25. The fourth-order valence-corrected chi connectivity index (χ4v) is 3.76. The molecule has 2 aromatic rings. The highest BCUT2D eigenvalue weighted by Gasteiger charge is 2.23. The minimum atomic E-state index is 0.00227. The number of amides is 1. The van der Waals surface area contributed by atoms with Gasteiger partial charge < -0.3 is 10.2 Å². The van der Waals surface area contributed by atoms with Crippen molar-refractivity contribution in [1.82, 2.24) is 14.9 Å². The fraction of sp³-hybridized carbons (Fsp3) is 0.476. The van der Waals surface area contributed by atoms with Crippen LogP contribution < -0.4 is 5.32 Å². The molecule has 0 bridgehead atoms. The zero-order valence-electron chi connectivity index (χ0n) is 16.4. The molecule has 0 radical (unpaired) electrons. The van der Waals surface area contributed by atoms with Crippen LogP contribution in [0.3, 0.4) is 0 Å². The summed E-state index contributed by atoms with van der Waals surface area (Å²) in [5.41, 5.74) is 5.78. The van der Waals surface area contributed by atoms with Gasteiger partial charge in [-0.3, -0.25) is 4.79 Å². The SMILES string of the molecule is Cc1cc(C)c(Nc2nc(C)cc(C(=O)N3CCCC(C)C3)n2)c(C)c1. The minimum Gasteiger partial charge on any atom is -0.337 e. The van der Waals surface area contributed by atoms with E-state index in [1.54, 1.807) is 6.07 Å². The maximum absolute atomic E-state index is 12.9. The second-order valence-corrected chi connectivity index (χ2v) is 7.62. The van der Waals surface area contributed by atoms with Crippen LogP contribution >= 0.6 is 0 Å². The van der Waals surface area contributed by atoms with Crippen LogP contribution in [0.5, 0.6) is 0 Å². The lowest BCUT2D eigenvalue weighted by Gasteiger charge is -2.30. The third-order valence-electron chi connectivity index (χ3n) is 4.93. The van der Waals surface area contributed by atoms with Crippen molar-refractivity contribution in [2.75, 3.05) is 18.4 Å². The number of piperidine rings is 1. The maximum atomic E-state index is 12.9. The summed E-state index contributed by atoms with van der Waals surface area (Å²) in [4.78, 5) is 23.8. The Labute approximate surface area is 155 Å². The van der Waals surface area contributed by atoms with Gasteiger partial charge in [0, 0.05) is 24.5 Å². The topological polar surface area (TPSA) is 58.1 Å². The molecule has 1 aliphatic heterocycles. The van der Waals surface area contributed by atoms with Gasteiger partial charge in [0.15, 0.2) is 0 Å². The van der Waals surface area contributed by atoms with E-state index in [9.17, 15) is 4.79 Å². The molecule has 1 unspecified atom stereocenters. The van der Waals surface area contributed by atoms with Gasteiger partial charge in [-0.25, -0.2) is 9.97 Å². The first-order chi connectivity index (χ1) is 12.3. The minimum absolute atomic E-state index is 0.00227. The molecule has 3 rings (SSSR count). The Morgan fingerprint density at radius 2 is 1.81 bits per heavy atom. The van der Waals surface area contributed by atoms with E-state index in [0.717, 1.165) is 42.0 Å². The molecule has 1 fully saturated rings. The quantitative estimate of drug-likeness (QED) is 0.893. The molecule has 138 valence electrons. The highest BCUT2D eigenvalue weighted by molar-refractivity contribution is 5.92. The van der Waals surface area contributed by atoms with Crippen molar-refractivity contribution in [1.29, 1.82) is 0 Å². The number of likely N-dealkylation sites (tertiary alicyclic amines) is 1. The van der Waals surface area contributed by atoms with Gasteiger partial charge in [-0.2, -0.15) is 0 Å². The molecule has 1 aliphatic rings. The van der Waals surface area contributed by atoms with Gasteiger partial charge in [-0.15, -0.1) is 0 Å². The molecule has 5 nitrogen and oxygen atoms in total. The van der Waals surface area contributed by atoms with E-state index in [1.807, 2.05) is 11.8 Å². The molecule has 5 heteroatoms. The second-order valence-electron chi connectivity index (χ2n) is 7.62. The van der Waals surface area contributed by atoms with Gasteiger partial charge in [0.1, 0.15) is 5.69 Å². The van der Waals surface area contributed by atoms with Crippen LogP contribution in [0.15, 0.2) is 18.2 Å². The standard InChI is InChI=1S/C21H28N4O/c1-13-7-6-8-25(12-13)20(26)18-11-17(5)22-21(23-18)24-19-15(3)9-14(2)10-16(19)4/h9-11,13H,6-8,12H2,1-5H3,(H,22,23,24). The van der Waals surface area contributed by atoms with Crippen molar-refractivity contribution < 1.29 is 4.79 Å². The zero-order valence-corrected chi connectivity index (χ0v) is 16.4. The van der Waals surface area contributed by atoms with E-state index in [1.165, 1.54) is 12.0 Å². The second kappa shape index (κ2) is 7.44. The van der Waals surface area contributed by atoms with Crippen LogP contribution in [0.2, 0.25) is 0 Å². The van der Waals surface area contributed by atoms with Crippen molar-refractivity contribution in [2.24, 2.45) is 5.92 Å². The lowest BCUT2D eigenvalue weighted by Crippen LogP contribution is -2.39. The third kappa shape index (κ3) is 4.03. The van der Waals surface area contributed by atoms with E-state index >= 15 is 0 Å². The van der Waals surface area contributed by atoms with Crippen LogP contribution in [0.1, 0.15) is 52.6 Å². The summed E-state index contributed by atoms with van der Waals surface area (Å²) < 4.78 is 0. The summed E-state index contributed by atoms with van der Waals surface area (Å²) in [6, 6.07) is 6.04. The van der Waals surface area contributed by atoms with E-state index < -0.39 is 0 Å². The Kier molecular flexibility index (Phi) is 5.25. The number of carbonyl (C=O) groups excluding carboxylic acids is 1. The number of hydrogen-bond acceptors (Lipinski definition) is 4. The summed E-state index contributed by atoms with van der Waals surface area (Å²) in [5.74, 6) is 1.03.